The molecule has 0 aromatic carbocycles. The van der Waals surface area contributed by atoms with Gasteiger partial charge in [-0.15, -0.1) is 0 Å². The van der Waals surface area contributed by atoms with Crippen LogP contribution in [0.3, 0.4) is 0 Å². The van der Waals surface area contributed by atoms with Crippen LogP contribution in [0.5, 0.6) is 0 Å². The Kier molecular flexibility index (Phi) is 3.79. The first-order chi connectivity index (χ1) is 6.90. The lowest BCUT2D eigenvalue weighted by molar-refractivity contribution is 0.0906. The van der Waals surface area contributed by atoms with Crippen molar-refractivity contribution in [1.82, 2.24) is 4.90 Å². The van der Waals surface area contributed by atoms with E-state index < -0.39 is 0 Å². The second-order valence-corrected chi connectivity index (χ2v) is 4.49. The van der Waals surface area contributed by atoms with Gasteiger partial charge in [0.25, 0.3) is 0 Å². The van der Waals surface area contributed by atoms with Crippen LogP contribution in [0.4, 0.5) is 0 Å². The first-order valence-corrected chi connectivity index (χ1v) is 5.96. The van der Waals surface area contributed by atoms with Crippen LogP contribution in [-0.4, -0.2) is 43.3 Å². The van der Waals surface area contributed by atoms with Crippen molar-refractivity contribution in [2.45, 2.75) is 44.2 Å². The molecule has 0 saturated carbocycles. The Balaban J connectivity index is 1.68. The summed E-state index contributed by atoms with van der Waals surface area (Å²) in [5, 5.41) is 0. The van der Waals surface area contributed by atoms with Crippen LogP contribution < -0.4 is 5.73 Å². The SMILES string of the molecule is NCC1CCCN1CCC1CCCO1. The maximum absolute atomic E-state index is 5.74. The first-order valence-electron chi connectivity index (χ1n) is 5.96. The summed E-state index contributed by atoms with van der Waals surface area (Å²) in [6, 6.07) is 0.649. The summed E-state index contributed by atoms with van der Waals surface area (Å²) in [6.45, 7) is 4.23. The molecule has 2 unspecified atom stereocenters. The molecule has 2 aliphatic heterocycles. The molecule has 2 fully saturated rings. The maximum atomic E-state index is 5.74. The Morgan fingerprint density at radius 2 is 2.21 bits per heavy atom. The third-order valence-electron chi connectivity index (χ3n) is 3.53. The molecule has 82 valence electrons. The molecule has 0 amide bonds. The molecule has 2 heterocycles. The summed E-state index contributed by atoms with van der Waals surface area (Å²) < 4.78 is 5.62. The van der Waals surface area contributed by atoms with Crippen LogP contribution in [0, 0.1) is 0 Å². The maximum Gasteiger partial charge on any atom is 0.0588 e. The van der Waals surface area contributed by atoms with Gasteiger partial charge in [0.15, 0.2) is 0 Å². The van der Waals surface area contributed by atoms with Crippen LogP contribution in [0.15, 0.2) is 0 Å². The first kappa shape index (κ1) is 10.4. The topological polar surface area (TPSA) is 38.5 Å². The summed E-state index contributed by atoms with van der Waals surface area (Å²) in [7, 11) is 0. The third-order valence-corrected chi connectivity index (χ3v) is 3.53. The summed E-state index contributed by atoms with van der Waals surface area (Å²) in [5.74, 6) is 0. The van der Waals surface area contributed by atoms with Gasteiger partial charge in [-0.2, -0.15) is 0 Å². The molecule has 0 aromatic rings. The zero-order valence-corrected chi connectivity index (χ0v) is 8.95. The van der Waals surface area contributed by atoms with Crippen molar-refractivity contribution in [3.63, 3.8) is 0 Å². The molecule has 0 radical (unpaired) electrons. The van der Waals surface area contributed by atoms with Crippen molar-refractivity contribution in [2.75, 3.05) is 26.2 Å². The lowest BCUT2D eigenvalue weighted by atomic mass is 10.1. The number of ether oxygens (including phenoxy) is 1. The highest BCUT2D eigenvalue weighted by molar-refractivity contribution is 4.80. The lowest BCUT2D eigenvalue weighted by Gasteiger charge is -2.24. The zero-order chi connectivity index (χ0) is 9.80. The Bertz CT molecular complexity index is 169. The molecule has 0 bridgehead atoms. The Labute approximate surface area is 86.6 Å². The van der Waals surface area contributed by atoms with Crippen LogP contribution in [0.25, 0.3) is 0 Å². The summed E-state index contributed by atoms with van der Waals surface area (Å²) in [6.07, 6.45) is 6.88. The molecule has 0 spiro atoms. The minimum atomic E-state index is 0.536. The molecule has 2 N–H and O–H groups in total. The van der Waals surface area contributed by atoms with E-state index in [9.17, 15) is 0 Å². The van der Waals surface area contributed by atoms with E-state index in [1.54, 1.807) is 0 Å². The van der Waals surface area contributed by atoms with E-state index in [0.717, 1.165) is 13.2 Å². The Morgan fingerprint density at radius 1 is 1.29 bits per heavy atom. The van der Waals surface area contributed by atoms with Gasteiger partial charge in [-0.3, -0.25) is 4.90 Å². The van der Waals surface area contributed by atoms with Crippen molar-refractivity contribution >= 4 is 0 Å². The molecular formula is C11H22N2O. The minimum Gasteiger partial charge on any atom is -0.378 e. The molecule has 2 rings (SSSR count). The second kappa shape index (κ2) is 5.10. The monoisotopic (exact) mass is 198 g/mol. The summed E-state index contributed by atoms with van der Waals surface area (Å²) in [5.41, 5.74) is 5.74. The molecule has 3 nitrogen and oxygen atoms in total. The number of likely N-dealkylation sites (tertiary alicyclic amines) is 1. The molecule has 0 aromatic heterocycles. The number of rotatable bonds is 4. The van der Waals surface area contributed by atoms with Crippen LogP contribution in [0.1, 0.15) is 32.1 Å². The van der Waals surface area contributed by atoms with E-state index in [-0.39, 0.29) is 0 Å². The standard InChI is InChI=1S/C11H22N2O/c12-9-10-3-1-6-13(10)7-5-11-4-2-8-14-11/h10-11H,1-9,12H2. The fraction of sp³-hybridized carbons (Fsp3) is 1.00. The van der Waals surface area contributed by atoms with Crippen LogP contribution >= 0.6 is 0 Å². The van der Waals surface area contributed by atoms with E-state index in [1.807, 2.05) is 0 Å². The van der Waals surface area contributed by atoms with E-state index in [2.05, 4.69) is 4.90 Å². The highest BCUT2D eigenvalue weighted by Crippen LogP contribution is 2.20. The lowest BCUT2D eigenvalue weighted by Crippen LogP contribution is -2.37. The van der Waals surface area contributed by atoms with Crippen molar-refractivity contribution < 1.29 is 4.74 Å². The number of hydrogen-bond acceptors (Lipinski definition) is 3. The molecule has 2 atom stereocenters. The highest BCUT2D eigenvalue weighted by Gasteiger charge is 2.24. The quantitative estimate of drug-likeness (QED) is 0.732. The molecule has 2 saturated heterocycles. The van der Waals surface area contributed by atoms with Crippen LogP contribution in [-0.2, 0) is 4.74 Å². The fourth-order valence-corrected chi connectivity index (χ4v) is 2.64. The predicted molar refractivity (Wildman–Crippen MR) is 57.2 cm³/mol. The van der Waals surface area contributed by atoms with Crippen LogP contribution in [0.2, 0.25) is 0 Å². The molecule has 3 heteroatoms. The van der Waals surface area contributed by atoms with E-state index in [0.29, 0.717) is 12.1 Å². The van der Waals surface area contributed by atoms with Crippen molar-refractivity contribution in [3.05, 3.63) is 0 Å². The van der Waals surface area contributed by atoms with Crippen molar-refractivity contribution in [1.29, 1.82) is 0 Å². The smallest absolute Gasteiger partial charge is 0.0588 e. The Hall–Kier alpha value is -0.120. The average molecular weight is 198 g/mol. The molecule has 2 aliphatic rings. The minimum absolute atomic E-state index is 0.536. The summed E-state index contributed by atoms with van der Waals surface area (Å²) >= 11 is 0. The molecule has 0 aliphatic carbocycles. The number of hydrogen-bond donors (Lipinski definition) is 1. The van der Waals surface area contributed by atoms with Gasteiger partial charge in [0.2, 0.25) is 0 Å². The zero-order valence-electron chi connectivity index (χ0n) is 8.95. The fourth-order valence-electron chi connectivity index (χ4n) is 2.64. The average Bonchev–Trinajstić information content (AvgIpc) is 2.85. The van der Waals surface area contributed by atoms with E-state index >= 15 is 0 Å². The predicted octanol–water partition coefficient (Wildman–Crippen LogP) is 0.979. The second-order valence-electron chi connectivity index (χ2n) is 4.49. The molecule has 14 heavy (non-hydrogen) atoms. The van der Waals surface area contributed by atoms with Crippen molar-refractivity contribution in [3.8, 4) is 0 Å². The number of nitrogens with two attached hydrogens (primary N) is 1. The van der Waals surface area contributed by atoms with Gasteiger partial charge in [0.05, 0.1) is 6.10 Å². The largest absolute Gasteiger partial charge is 0.378 e. The van der Waals surface area contributed by atoms with Gasteiger partial charge in [0.1, 0.15) is 0 Å². The van der Waals surface area contributed by atoms with Gasteiger partial charge < -0.3 is 10.5 Å². The van der Waals surface area contributed by atoms with E-state index in [4.69, 9.17) is 10.5 Å². The van der Waals surface area contributed by atoms with Gasteiger partial charge >= 0.3 is 0 Å². The van der Waals surface area contributed by atoms with E-state index in [1.165, 1.54) is 45.2 Å². The van der Waals surface area contributed by atoms with Gasteiger partial charge in [-0.25, -0.2) is 0 Å². The third kappa shape index (κ3) is 2.47. The van der Waals surface area contributed by atoms with Gasteiger partial charge in [0, 0.05) is 25.7 Å². The number of nitrogens with zero attached hydrogens (tertiary/aromatic N) is 1. The van der Waals surface area contributed by atoms with Gasteiger partial charge in [-0.1, -0.05) is 0 Å². The summed E-state index contributed by atoms with van der Waals surface area (Å²) in [4.78, 5) is 2.54. The Morgan fingerprint density at radius 3 is 2.93 bits per heavy atom. The normalized spacial score (nSPS) is 34.1. The van der Waals surface area contributed by atoms with Gasteiger partial charge in [-0.05, 0) is 38.6 Å². The van der Waals surface area contributed by atoms with Crippen molar-refractivity contribution in [2.24, 2.45) is 5.73 Å². The molecular weight excluding hydrogens is 176 g/mol. The highest BCUT2D eigenvalue weighted by atomic mass is 16.5.